The molecule has 0 radical (unpaired) electrons. The van der Waals surface area contributed by atoms with Gasteiger partial charge in [-0.1, -0.05) is 29.8 Å². The molecule has 2 aromatic carbocycles. The van der Waals surface area contributed by atoms with Crippen molar-refractivity contribution in [3.63, 3.8) is 0 Å². The molecular weight excluding hydrogens is 362 g/mol. The number of piperazine rings is 1. The molecule has 1 aliphatic rings. The molecule has 6 nitrogen and oxygen atoms in total. The van der Waals surface area contributed by atoms with Gasteiger partial charge in [0.05, 0.1) is 11.0 Å². The monoisotopic (exact) mass is 383 g/mol. The predicted molar refractivity (Wildman–Crippen MR) is 110 cm³/mol. The average Bonchev–Trinajstić information content (AvgIpc) is 3.02. The van der Waals surface area contributed by atoms with E-state index in [0.29, 0.717) is 18.1 Å². The van der Waals surface area contributed by atoms with E-state index in [9.17, 15) is 4.79 Å². The third-order valence-corrected chi connectivity index (χ3v) is 5.29. The number of carbonyl (C=O) groups excluding carboxylic acids is 1. The number of amides is 2. The van der Waals surface area contributed by atoms with Gasteiger partial charge < -0.3 is 19.7 Å². The van der Waals surface area contributed by atoms with E-state index in [2.05, 4.69) is 20.9 Å². The Kier molecular flexibility index (Phi) is 4.66. The van der Waals surface area contributed by atoms with Gasteiger partial charge in [0.2, 0.25) is 5.95 Å². The first-order valence-corrected chi connectivity index (χ1v) is 9.39. The Morgan fingerprint density at radius 2 is 1.85 bits per heavy atom. The number of urea groups is 1. The number of aryl methyl sites for hydroxylation is 2. The first-order valence-electron chi connectivity index (χ1n) is 9.01. The number of benzene rings is 2. The molecule has 1 N–H and O–H groups in total. The van der Waals surface area contributed by atoms with Gasteiger partial charge in [-0.05, 0) is 36.8 Å². The molecule has 0 aliphatic carbocycles. The largest absolute Gasteiger partial charge is 0.339 e. The molecule has 0 saturated carbocycles. The van der Waals surface area contributed by atoms with Crippen LogP contribution in [0.2, 0.25) is 5.02 Å². The molecule has 1 aromatic heterocycles. The maximum atomic E-state index is 12.6. The number of nitrogens with zero attached hydrogens (tertiary/aromatic N) is 4. The van der Waals surface area contributed by atoms with E-state index in [-0.39, 0.29) is 6.03 Å². The van der Waals surface area contributed by atoms with Crippen LogP contribution < -0.4 is 10.2 Å². The van der Waals surface area contributed by atoms with Crippen molar-refractivity contribution in [2.24, 2.45) is 7.05 Å². The van der Waals surface area contributed by atoms with Gasteiger partial charge in [-0.2, -0.15) is 0 Å². The van der Waals surface area contributed by atoms with Gasteiger partial charge in [0.25, 0.3) is 0 Å². The number of imidazole rings is 1. The zero-order valence-electron chi connectivity index (χ0n) is 15.4. The molecule has 4 rings (SSSR count). The quantitative estimate of drug-likeness (QED) is 0.730. The van der Waals surface area contributed by atoms with Crippen molar-refractivity contribution in [3.05, 3.63) is 53.1 Å². The Bertz CT molecular complexity index is 991. The van der Waals surface area contributed by atoms with Crippen molar-refractivity contribution < 1.29 is 4.79 Å². The molecule has 0 atom stereocenters. The van der Waals surface area contributed by atoms with Crippen LogP contribution >= 0.6 is 11.6 Å². The van der Waals surface area contributed by atoms with E-state index in [1.807, 2.05) is 49.2 Å². The van der Waals surface area contributed by atoms with E-state index < -0.39 is 0 Å². The number of halogens is 1. The van der Waals surface area contributed by atoms with Crippen molar-refractivity contribution in [2.45, 2.75) is 6.92 Å². The number of aromatic nitrogens is 2. The Morgan fingerprint density at radius 1 is 1.11 bits per heavy atom. The van der Waals surface area contributed by atoms with Crippen LogP contribution in [-0.4, -0.2) is 46.7 Å². The van der Waals surface area contributed by atoms with Crippen molar-refractivity contribution >= 4 is 40.3 Å². The molecule has 3 aromatic rings. The molecule has 2 heterocycles. The summed E-state index contributed by atoms with van der Waals surface area (Å²) in [5, 5.41) is 3.58. The van der Waals surface area contributed by atoms with Crippen LogP contribution in [0.5, 0.6) is 0 Å². The summed E-state index contributed by atoms with van der Waals surface area (Å²) in [6.07, 6.45) is 0. The van der Waals surface area contributed by atoms with Crippen molar-refractivity contribution in [1.82, 2.24) is 14.5 Å². The summed E-state index contributed by atoms with van der Waals surface area (Å²) in [6, 6.07) is 13.5. The topological polar surface area (TPSA) is 53.4 Å². The van der Waals surface area contributed by atoms with Gasteiger partial charge in [-0.3, -0.25) is 0 Å². The predicted octanol–water partition coefficient (Wildman–Crippen LogP) is 3.89. The lowest BCUT2D eigenvalue weighted by molar-refractivity contribution is 0.208. The minimum Gasteiger partial charge on any atom is -0.339 e. The highest BCUT2D eigenvalue weighted by atomic mass is 35.5. The van der Waals surface area contributed by atoms with Crippen LogP contribution in [0.25, 0.3) is 11.0 Å². The molecular formula is C20H22ClN5O. The fraction of sp³-hybridized carbons (Fsp3) is 0.300. The van der Waals surface area contributed by atoms with Crippen LogP contribution in [0.4, 0.5) is 16.4 Å². The molecule has 0 bridgehead atoms. The fourth-order valence-electron chi connectivity index (χ4n) is 3.45. The number of carbonyl (C=O) groups is 1. The molecule has 0 unspecified atom stereocenters. The van der Waals surface area contributed by atoms with Crippen LogP contribution in [0.3, 0.4) is 0 Å². The van der Waals surface area contributed by atoms with Gasteiger partial charge in [0.15, 0.2) is 0 Å². The summed E-state index contributed by atoms with van der Waals surface area (Å²) >= 11 is 6.04. The number of fused-ring (bicyclic) bond motifs is 1. The second kappa shape index (κ2) is 7.12. The van der Waals surface area contributed by atoms with Crippen molar-refractivity contribution in [1.29, 1.82) is 0 Å². The molecule has 140 valence electrons. The zero-order valence-corrected chi connectivity index (χ0v) is 16.2. The molecule has 1 aliphatic heterocycles. The Hall–Kier alpha value is -2.73. The Labute approximate surface area is 163 Å². The summed E-state index contributed by atoms with van der Waals surface area (Å²) in [7, 11) is 2.03. The van der Waals surface area contributed by atoms with Crippen LogP contribution in [0, 0.1) is 6.92 Å². The van der Waals surface area contributed by atoms with Gasteiger partial charge >= 0.3 is 6.03 Å². The third-order valence-electron chi connectivity index (χ3n) is 5.05. The number of rotatable bonds is 2. The summed E-state index contributed by atoms with van der Waals surface area (Å²) in [6.45, 7) is 4.75. The minimum atomic E-state index is -0.0926. The standard InChI is InChI=1S/C20H22ClN5O/c1-14-7-8-15(21)13-17(14)23-20(27)26-11-9-25(10-12-26)19-22-16-5-3-4-6-18(16)24(19)2/h3-8,13H,9-12H2,1-2H3,(H,23,27). The SMILES string of the molecule is Cc1ccc(Cl)cc1NC(=O)N1CCN(c2nc3ccccc3n2C)CC1. The Balaban J connectivity index is 1.43. The molecule has 0 spiro atoms. The molecule has 1 saturated heterocycles. The second-order valence-electron chi connectivity index (χ2n) is 6.82. The molecule has 2 amide bonds. The molecule has 27 heavy (non-hydrogen) atoms. The van der Waals surface area contributed by atoms with Gasteiger partial charge in [0.1, 0.15) is 0 Å². The number of nitrogens with one attached hydrogen (secondary N) is 1. The molecule has 1 fully saturated rings. The normalized spacial score (nSPS) is 14.6. The van der Waals surface area contributed by atoms with Gasteiger partial charge in [-0.15, -0.1) is 0 Å². The Morgan fingerprint density at radius 3 is 2.59 bits per heavy atom. The third kappa shape index (κ3) is 3.45. The van der Waals surface area contributed by atoms with Gasteiger partial charge in [-0.25, -0.2) is 9.78 Å². The highest BCUT2D eigenvalue weighted by molar-refractivity contribution is 6.31. The van der Waals surface area contributed by atoms with E-state index in [0.717, 1.165) is 41.3 Å². The fourth-order valence-corrected chi connectivity index (χ4v) is 3.62. The first kappa shape index (κ1) is 17.7. The molecule has 7 heteroatoms. The number of hydrogen-bond acceptors (Lipinski definition) is 3. The first-order chi connectivity index (χ1) is 13.0. The number of anilines is 2. The van der Waals surface area contributed by atoms with E-state index in [1.54, 1.807) is 6.07 Å². The van der Waals surface area contributed by atoms with Crippen LogP contribution in [-0.2, 0) is 7.05 Å². The average molecular weight is 384 g/mol. The minimum absolute atomic E-state index is 0.0926. The summed E-state index contributed by atoms with van der Waals surface area (Å²) in [5.41, 5.74) is 3.85. The summed E-state index contributed by atoms with van der Waals surface area (Å²) in [5.74, 6) is 0.946. The smallest absolute Gasteiger partial charge is 0.321 e. The lowest BCUT2D eigenvalue weighted by atomic mass is 10.2. The lowest BCUT2D eigenvalue weighted by Crippen LogP contribution is -2.50. The van der Waals surface area contributed by atoms with Crippen LogP contribution in [0.15, 0.2) is 42.5 Å². The van der Waals surface area contributed by atoms with Crippen LogP contribution in [0.1, 0.15) is 5.56 Å². The maximum absolute atomic E-state index is 12.6. The lowest BCUT2D eigenvalue weighted by Gasteiger charge is -2.35. The maximum Gasteiger partial charge on any atom is 0.321 e. The zero-order chi connectivity index (χ0) is 19.0. The second-order valence-corrected chi connectivity index (χ2v) is 7.26. The van der Waals surface area contributed by atoms with E-state index in [1.165, 1.54) is 0 Å². The number of para-hydroxylation sites is 2. The van der Waals surface area contributed by atoms with Gasteiger partial charge in [0, 0.05) is 43.9 Å². The van der Waals surface area contributed by atoms with Crippen molar-refractivity contribution in [2.75, 3.05) is 36.4 Å². The summed E-state index contributed by atoms with van der Waals surface area (Å²) < 4.78 is 2.11. The highest BCUT2D eigenvalue weighted by Gasteiger charge is 2.24. The highest BCUT2D eigenvalue weighted by Crippen LogP contribution is 2.23. The summed E-state index contributed by atoms with van der Waals surface area (Å²) in [4.78, 5) is 21.4. The van der Waals surface area contributed by atoms with Crippen molar-refractivity contribution in [3.8, 4) is 0 Å². The van der Waals surface area contributed by atoms with E-state index >= 15 is 0 Å². The van der Waals surface area contributed by atoms with E-state index in [4.69, 9.17) is 16.6 Å². The number of hydrogen-bond donors (Lipinski definition) is 1.